The predicted molar refractivity (Wildman–Crippen MR) is 67.3 cm³/mol. The molecule has 0 unspecified atom stereocenters. The highest BCUT2D eigenvalue weighted by molar-refractivity contribution is 6.68. The summed E-state index contributed by atoms with van der Waals surface area (Å²) in [7, 11) is 1.60. The van der Waals surface area contributed by atoms with Crippen LogP contribution in [0.25, 0.3) is 0 Å². The van der Waals surface area contributed by atoms with E-state index in [1.807, 2.05) is 24.3 Å². The first-order chi connectivity index (χ1) is 8.61. The average Bonchev–Trinajstić information content (AvgIpc) is 2.72. The molecule has 0 saturated carbocycles. The van der Waals surface area contributed by atoms with Crippen LogP contribution in [0.5, 0.6) is 5.75 Å². The van der Waals surface area contributed by atoms with Crippen LogP contribution in [0.15, 0.2) is 24.3 Å². The Labute approximate surface area is 113 Å². The minimum atomic E-state index is -0.721. The summed E-state index contributed by atoms with van der Waals surface area (Å²) < 4.78 is 6.46. The van der Waals surface area contributed by atoms with E-state index in [2.05, 4.69) is 10.3 Å². The molecule has 2 aromatic rings. The second kappa shape index (κ2) is 5.37. The van der Waals surface area contributed by atoms with E-state index in [1.54, 1.807) is 7.11 Å². The van der Waals surface area contributed by atoms with Gasteiger partial charge < -0.3 is 4.74 Å². The normalized spacial score (nSPS) is 10.4. The van der Waals surface area contributed by atoms with Crippen molar-refractivity contribution in [3.63, 3.8) is 0 Å². The summed E-state index contributed by atoms with van der Waals surface area (Å²) in [6.45, 7) is 0.403. The van der Waals surface area contributed by atoms with E-state index in [0.717, 1.165) is 11.3 Å². The van der Waals surface area contributed by atoms with Gasteiger partial charge in [0.1, 0.15) is 5.75 Å². The molecule has 0 spiro atoms. The number of carbonyl (C=O) groups is 1. The van der Waals surface area contributed by atoms with Crippen LogP contribution < -0.4 is 4.74 Å². The van der Waals surface area contributed by atoms with Gasteiger partial charge >= 0.3 is 0 Å². The van der Waals surface area contributed by atoms with E-state index >= 15 is 0 Å². The van der Waals surface area contributed by atoms with Crippen molar-refractivity contribution in [3.05, 3.63) is 40.7 Å². The Morgan fingerprint density at radius 2 is 2.06 bits per heavy atom. The molecule has 5 nitrogen and oxygen atoms in total. The number of aromatic nitrogens is 3. The monoisotopic (exact) mass is 285 g/mol. The van der Waals surface area contributed by atoms with Crippen LogP contribution in [-0.4, -0.2) is 27.3 Å². The Balaban J connectivity index is 2.20. The molecule has 18 heavy (non-hydrogen) atoms. The zero-order valence-corrected chi connectivity index (χ0v) is 10.9. The van der Waals surface area contributed by atoms with Crippen molar-refractivity contribution in [2.24, 2.45) is 0 Å². The molecule has 1 heterocycles. The highest BCUT2D eigenvalue weighted by atomic mass is 35.5. The maximum Gasteiger partial charge on any atom is 0.275 e. The van der Waals surface area contributed by atoms with Crippen LogP contribution in [0.4, 0.5) is 0 Å². The second-order valence-corrected chi connectivity index (χ2v) is 4.21. The maximum atomic E-state index is 11.0. The molecule has 0 N–H and O–H groups in total. The lowest BCUT2D eigenvalue weighted by Gasteiger charge is -2.04. The first-order valence-corrected chi connectivity index (χ1v) is 5.79. The summed E-state index contributed by atoms with van der Waals surface area (Å²) in [6, 6.07) is 7.40. The predicted octanol–water partition coefficient (Wildman–Crippen LogP) is 2.37. The summed E-state index contributed by atoms with van der Waals surface area (Å²) in [5, 5.41) is 6.80. The highest BCUT2D eigenvalue weighted by Gasteiger charge is 2.16. The van der Waals surface area contributed by atoms with Crippen molar-refractivity contribution in [2.75, 3.05) is 7.11 Å². The van der Waals surface area contributed by atoms with E-state index in [-0.39, 0.29) is 10.8 Å². The summed E-state index contributed by atoms with van der Waals surface area (Å²) in [5.41, 5.74) is 0.919. The number of benzene rings is 1. The molecule has 0 fully saturated rings. The number of halogens is 2. The van der Waals surface area contributed by atoms with Crippen molar-refractivity contribution >= 4 is 28.4 Å². The topological polar surface area (TPSA) is 57.0 Å². The fourth-order valence-corrected chi connectivity index (χ4v) is 1.82. The zero-order valence-electron chi connectivity index (χ0n) is 9.43. The van der Waals surface area contributed by atoms with Gasteiger partial charge in [-0.1, -0.05) is 28.9 Å². The van der Waals surface area contributed by atoms with Crippen LogP contribution in [0.1, 0.15) is 16.1 Å². The number of hydrogen-bond acceptors (Lipinski definition) is 4. The van der Waals surface area contributed by atoms with Crippen molar-refractivity contribution < 1.29 is 9.53 Å². The molecule has 1 aromatic carbocycles. The molecule has 0 bridgehead atoms. The summed E-state index contributed by atoms with van der Waals surface area (Å²) in [4.78, 5) is 11.0. The minimum absolute atomic E-state index is 0.0353. The molecule has 0 saturated heterocycles. The quantitative estimate of drug-likeness (QED) is 0.810. The maximum absolute atomic E-state index is 11.0. The van der Waals surface area contributed by atoms with Crippen LogP contribution in [0.3, 0.4) is 0 Å². The fourth-order valence-electron chi connectivity index (χ4n) is 1.43. The third-order valence-corrected chi connectivity index (χ3v) is 2.91. The molecule has 0 aliphatic heterocycles. The summed E-state index contributed by atoms with van der Waals surface area (Å²) in [5.74, 6) is 0.764. The third-order valence-electron chi connectivity index (χ3n) is 2.35. The van der Waals surface area contributed by atoms with Gasteiger partial charge in [0.15, 0.2) is 10.8 Å². The van der Waals surface area contributed by atoms with Gasteiger partial charge in [0, 0.05) is 0 Å². The summed E-state index contributed by atoms with van der Waals surface area (Å²) >= 11 is 11.2. The van der Waals surface area contributed by atoms with Crippen molar-refractivity contribution in [3.8, 4) is 5.75 Å². The largest absolute Gasteiger partial charge is 0.497 e. The first kappa shape index (κ1) is 12.9. The van der Waals surface area contributed by atoms with Crippen molar-refractivity contribution in [1.29, 1.82) is 0 Å². The highest BCUT2D eigenvalue weighted by Crippen LogP contribution is 2.17. The van der Waals surface area contributed by atoms with Crippen LogP contribution >= 0.6 is 23.2 Å². The molecule has 0 aliphatic rings. The van der Waals surface area contributed by atoms with Gasteiger partial charge in [-0.3, -0.25) is 4.79 Å². The molecule has 7 heteroatoms. The Morgan fingerprint density at radius 3 is 2.56 bits per heavy atom. The Bertz CT molecular complexity index is 566. The molecule has 2 rings (SSSR count). The SMILES string of the molecule is COc1ccc(Cn2nnc(C(=O)Cl)c2Cl)cc1. The Hall–Kier alpha value is -1.59. The van der Waals surface area contributed by atoms with E-state index in [9.17, 15) is 4.79 Å². The van der Waals surface area contributed by atoms with Crippen LogP contribution in [0.2, 0.25) is 5.15 Å². The number of carbonyl (C=O) groups excluding carboxylic acids is 1. The van der Waals surface area contributed by atoms with Crippen LogP contribution in [0, 0.1) is 0 Å². The third kappa shape index (κ3) is 2.63. The molecule has 0 atom stereocenters. The number of nitrogens with zero attached hydrogens (tertiary/aromatic N) is 3. The lowest BCUT2D eigenvalue weighted by molar-refractivity contribution is 0.107. The molecular formula is C11H9Cl2N3O2. The van der Waals surface area contributed by atoms with Gasteiger partial charge in [0.25, 0.3) is 5.24 Å². The number of hydrogen-bond donors (Lipinski definition) is 0. The average molecular weight is 286 g/mol. The van der Waals surface area contributed by atoms with E-state index in [0.29, 0.717) is 6.54 Å². The Morgan fingerprint density at radius 1 is 1.39 bits per heavy atom. The Kier molecular flexibility index (Phi) is 3.84. The van der Waals surface area contributed by atoms with Gasteiger partial charge in [-0.2, -0.15) is 0 Å². The lowest BCUT2D eigenvalue weighted by Crippen LogP contribution is -2.02. The first-order valence-electron chi connectivity index (χ1n) is 5.03. The van der Waals surface area contributed by atoms with Gasteiger partial charge in [0.2, 0.25) is 0 Å². The zero-order chi connectivity index (χ0) is 13.1. The molecule has 0 radical (unpaired) electrons. The van der Waals surface area contributed by atoms with E-state index in [1.165, 1.54) is 4.68 Å². The lowest BCUT2D eigenvalue weighted by atomic mass is 10.2. The second-order valence-electron chi connectivity index (χ2n) is 3.51. The summed E-state index contributed by atoms with van der Waals surface area (Å²) in [6.07, 6.45) is 0. The van der Waals surface area contributed by atoms with Gasteiger partial charge in [-0.25, -0.2) is 4.68 Å². The molecule has 0 amide bonds. The van der Waals surface area contributed by atoms with Gasteiger partial charge in [-0.05, 0) is 29.3 Å². The molecule has 94 valence electrons. The van der Waals surface area contributed by atoms with E-state index in [4.69, 9.17) is 27.9 Å². The standard InChI is InChI=1S/C11H9Cl2N3O2/c1-18-8-4-2-7(3-5-8)6-16-10(12)9(11(13)17)14-15-16/h2-5H,6H2,1H3. The molecular weight excluding hydrogens is 277 g/mol. The van der Waals surface area contributed by atoms with Crippen LogP contribution in [-0.2, 0) is 6.54 Å². The number of rotatable bonds is 4. The number of ether oxygens (including phenoxy) is 1. The van der Waals surface area contributed by atoms with Crippen molar-refractivity contribution in [2.45, 2.75) is 6.54 Å². The minimum Gasteiger partial charge on any atom is -0.497 e. The fraction of sp³-hybridized carbons (Fsp3) is 0.182. The van der Waals surface area contributed by atoms with E-state index < -0.39 is 5.24 Å². The van der Waals surface area contributed by atoms with Gasteiger partial charge in [0.05, 0.1) is 13.7 Å². The molecule has 0 aliphatic carbocycles. The van der Waals surface area contributed by atoms with Gasteiger partial charge in [-0.15, -0.1) is 5.10 Å². The number of methoxy groups -OCH3 is 1. The van der Waals surface area contributed by atoms with Crippen molar-refractivity contribution in [1.82, 2.24) is 15.0 Å². The molecule has 1 aromatic heterocycles. The smallest absolute Gasteiger partial charge is 0.275 e.